The van der Waals surface area contributed by atoms with Crippen LogP contribution in [0.2, 0.25) is 0 Å². The number of nitrogens with zero attached hydrogens (tertiary/aromatic N) is 1. The van der Waals surface area contributed by atoms with Crippen molar-refractivity contribution in [3.63, 3.8) is 0 Å². The first-order chi connectivity index (χ1) is 15.2. The van der Waals surface area contributed by atoms with Gasteiger partial charge in [0.05, 0.1) is 6.61 Å². The van der Waals surface area contributed by atoms with E-state index in [9.17, 15) is 0 Å². The lowest BCUT2D eigenvalue weighted by atomic mass is 10.1. The molecule has 0 amide bonds. The van der Waals surface area contributed by atoms with Gasteiger partial charge < -0.3 is 9.64 Å². The van der Waals surface area contributed by atoms with Crippen LogP contribution in [0.15, 0.2) is 72.8 Å². The Bertz CT molecular complexity index is 888. The summed E-state index contributed by atoms with van der Waals surface area (Å²) in [5, 5.41) is 0. The van der Waals surface area contributed by atoms with Crippen molar-refractivity contribution in [2.75, 3.05) is 17.3 Å². The Labute approximate surface area is 193 Å². The van der Waals surface area contributed by atoms with Gasteiger partial charge in [0.1, 0.15) is 5.75 Å². The maximum Gasteiger partial charge on any atom is 0.119 e. The number of anilines is 3. The fourth-order valence-electron chi connectivity index (χ4n) is 3.65. The van der Waals surface area contributed by atoms with Gasteiger partial charge in [0.25, 0.3) is 0 Å². The van der Waals surface area contributed by atoms with Crippen LogP contribution in [0.5, 0.6) is 5.75 Å². The van der Waals surface area contributed by atoms with Crippen molar-refractivity contribution in [2.24, 2.45) is 0 Å². The quantitative estimate of drug-likeness (QED) is 0.228. The molecule has 164 valence electrons. The predicted molar refractivity (Wildman–Crippen MR) is 138 cm³/mol. The van der Waals surface area contributed by atoms with Crippen LogP contribution in [0, 0.1) is 6.92 Å². The highest BCUT2D eigenvalue weighted by molar-refractivity contribution is 7.80. The van der Waals surface area contributed by atoms with Gasteiger partial charge in [-0.2, -0.15) is 12.6 Å². The van der Waals surface area contributed by atoms with Crippen molar-refractivity contribution in [1.82, 2.24) is 0 Å². The topological polar surface area (TPSA) is 12.5 Å². The molecule has 0 bridgehead atoms. The Morgan fingerprint density at radius 3 is 1.87 bits per heavy atom. The molecule has 3 rings (SSSR count). The monoisotopic (exact) mass is 433 g/mol. The molecule has 0 heterocycles. The summed E-state index contributed by atoms with van der Waals surface area (Å²) >= 11 is 4.33. The molecule has 0 aliphatic carbocycles. The number of ether oxygens (including phenoxy) is 1. The Morgan fingerprint density at radius 2 is 1.29 bits per heavy atom. The molecule has 0 saturated heterocycles. The first-order valence-corrected chi connectivity index (χ1v) is 12.1. The molecule has 3 aromatic carbocycles. The summed E-state index contributed by atoms with van der Waals surface area (Å²) < 4.78 is 5.94. The fourth-order valence-corrected chi connectivity index (χ4v) is 3.80. The van der Waals surface area contributed by atoms with E-state index in [-0.39, 0.29) is 0 Å². The molecule has 0 radical (unpaired) electrons. The van der Waals surface area contributed by atoms with Crippen molar-refractivity contribution in [3.05, 3.63) is 83.9 Å². The van der Waals surface area contributed by atoms with Gasteiger partial charge in [-0.3, -0.25) is 0 Å². The molecule has 3 heteroatoms. The molecule has 2 nitrogen and oxygen atoms in total. The highest BCUT2D eigenvalue weighted by atomic mass is 32.1. The van der Waals surface area contributed by atoms with Gasteiger partial charge in [-0.25, -0.2) is 0 Å². The average Bonchev–Trinajstić information content (AvgIpc) is 2.81. The van der Waals surface area contributed by atoms with E-state index in [1.54, 1.807) is 0 Å². The Balaban J connectivity index is 1.79. The highest BCUT2D eigenvalue weighted by Gasteiger charge is 2.12. The van der Waals surface area contributed by atoms with E-state index in [4.69, 9.17) is 4.74 Å². The normalized spacial score (nSPS) is 10.8. The molecule has 0 aliphatic heterocycles. The van der Waals surface area contributed by atoms with E-state index in [1.165, 1.54) is 30.4 Å². The van der Waals surface area contributed by atoms with Gasteiger partial charge in [0, 0.05) is 17.1 Å². The SMILES string of the molecule is CCCCCCOc1ccc(N(c2ccc(C)cc2)c2ccc(CCCS)cc2)cc1. The number of thiol groups is 1. The number of benzene rings is 3. The molecule has 0 atom stereocenters. The van der Waals surface area contributed by atoms with E-state index in [2.05, 4.69) is 104 Å². The summed E-state index contributed by atoms with van der Waals surface area (Å²) in [7, 11) is 0. The van der Waals surface area contributed by atoms with E-state index in [1.807, 2.05) is 0 Å². The average molecular weight is 434 g/mol. The van der Waals surface area contributed by atoms with Crippen LogP contribution < -0.4 is 9.64 Å². The van der Waals surface area contributed by atoms with Crippen LogP contribution in [0.4, 0.5) is 17.1 Å². The minimum Gasteiger partial charge on any atom is -0.494 e. The van der Waals surface area contributed by atoms with Gasteiger partial charge >= 0.3 is 0 Å². The molecule has 0 aromatic heterocycles. The van der Waals surface area contributed by atoms with Crippen molar-refractivity contribution in [3.8, 4) is 5.75 Å². The zero-order valence-electron chi connectivity index (χ0n) is 18.9. The van der Waals surface area contributed by atoms with Crippen LogP contribution in [0.3, 0.4) is 0 Å². The Hall–Kier alpha value is -2.39. The summed E-state index contributed by atoms with van der Waals surface area (Å²) in [6, 6.07) is 26.0. The minimum atomic E-state index is 0.786. The smallest absolute Gasteiger partial charge is 0.119 e. The third kappa shape index (κ3) is 7.07. The van der Waals surface area contributed by atoms with Crippen LogP contribution in [-0.2, 0) is 6.42 Å². The lowest BCUT2D eigenvalue weighted by Gasteiger charge is -2.26. The molecular weight excluding hydrogens is 398 g/mol. The molecule has 0 N–H and O–H groups in total. The van der Waals surface area contributed by atoms with E-state index in [0.717, 1.165) is 54.4 Å². The van der Waals surface area contributed by atoms with Gasteiger partial charge in [-0.05, 0) is 86.0 Å². The van der Waals surface area contributed by atoms with Crippen molar-refractivity contribution in [1.29, 1.82) is 0 Å². The second kappa shape index (κ2) is 12.5. The molecule has 0 aliphatic rings. The van der Waals surface area contributed by atoms with Gasteiger partial charge in [-0.1, -0.05) is 56.0 Å². The molecular formula is C28H35NOS. The summed E-state index contributed by atoms with van der Waals surface area (Å²) in [4.78, 5) is 2.30. The maximum absolute atomic E-state index is 5.94. The van der Waals surface area contributed by atoms with Gasteiger partial charge in [0.2, 0.25) is 0 Å². The van der Waals surface area contributed by atoms with Gasteiger partial charge in [-0.15, -0.1) is 0 Å². The Morgan fingerprint density at radius 1 is 0.710 bits per heavy atom. The summed E-state index contributed by atoms with van der Waals surface area (Å²) in [6.07, 6.45) is 7.05. The van der Waals surface area contributed by atoms with E-state index >= 15 is 0 Å². The molecule has 0 spiro atoms. The molecule has 31 heavy (non-hydrogen) atoms. The van der Waals surface area contributed by atoms with Crippen LogP contribution >= 0.6 is 12.6 Å². The molecule has 0 saturated carbocycles. The van der Waals surface area contributed by atoms with Crippen LogP contribution in [-0.4, -0.2) is 12.4 Å². The molecule has 0 unspecified atom stereocenters. The maximum atomic E-state index is 5.94. The first kappa shape index (κ1) is 23.3. The number of hydrogen-bond donors (Lipinski definition) is 1. The van der Waals surface area contributed by atoms with Crippen molar-refractivity contribution < 1.29 is 4.74 Å². The fraction of sp³-hybridized carbons (Fsp3) is 0.357. The molecule has 0 fully saturated rings. The third-order valence-corrected chi connectivity index (χ3v) is 5.79. The number of unbranched alkanes of at least 4 members (excludes halogenated alkanes) is 3. The second-order valence-corrected chi connectivity index (χ2v) is 8.51. The summed E-state index contributed by atoms with van der Waals surface area (Å²) in [5.41, 5.74) is 6.06. The third-order valence-electron chi connectivity index (χ3n) is 5.47. The zero-order valence-corrected chi connectivity index (χ0v) is 19.8. The minimum absolute atomic E-state index is 0.786. The zero-order chi connectivity index (χ0) is 21.9. The standard InChI is InChI=1S/C28H35NOS/c1-3-4-5-6-21-30-28-19-17-27(18-20-28)29(25-13-9-23(2)10-14-25)26-15-11-24(12-16-26)8-7-22-31/h9-20,31H,3-8,21-22H2,1-2H3. The lowest BCUT2D eigenvalue weighted by Crippen LogP contribution is -2.10. The number of aryl methyl sites for hydroxylation is 2. The summed E-state index contributed by atoms with van der Waals surface area (Å²) in [6.45, 7) is 5.14. The van der Waals surface area contributed by atoms with Crippen molar-refractivity contribution >= 4 is 29.7 Å². The van der Waals surface area contributed by atoms with E-state index in [0.29, 0.717) is 0 Å². The lowest BCUT2D eigenvalue weighted by molar-refractivity contribution is 0.305. The highest BCUT2D eigenvalue weighted by Crippen LogP contribution is 2.35. The first-order valence-electron chi connectivity index (χ1n) is 11.5. The van der Waals surface area contributed by atoms with Gasteiger partial charge in [0.15, 0.2) is 0 Å². The van der Waals surface area contributed by atoms with Crippen LogP contribution in [0.1, 0.15) is 50.2 Å². The predicted octanol–water partition coefficient (Wildman–Crippen LogP) is 8.29. The van der Waals surface area contributed by atoms with Crippen molar-refractivity contribution in [2.45, 2.75) is 52.4 Å². The van der Waals surface area contributed by atoms with Crippen LogP contribution in [0.25, 0.3) is 0 Å². The largest absolute Gasteiger partial charge is 0.494 e. The molecule has 3 aromatic rings. The number of hydrogen-bond acceptors (Lipinski definition) is 3. The Kier molecular flexibility index (Phi) is 9.36. The van der Waals surface area contributed by atoms with E-state index < -0.39 is 0 Å². The number of rotatable bonds is 12. The summed E-state index contributed by atoms with van der Waals surface area (Å²) in [5.74, 6) is 1.86. The second-order valence-electron chi connectivity index (χ2n) is 8.07.